The van der Waals surface area contributed by atoms with Crippen LogP contribution in [0.2, 0.25) is 0 Å². The number of anilines is 1. The van der Waals surface area contributed by atoms with Gasteiger partial charge in [0.05, 0.1) is 19.9 Å². The molecule has 0 atom stereocenters. The standard InChI is InChI=1S/C23H23NO4/c1-16-9-11-22(27-3)20(13-16)24-23(25)17-10-12-21(26-2)18(14-17)15-28-19-7-5-4-6-8-19/h4-14H,15H2,1-3H3,(H,24,25). The first kappa shape index (κ1) is 19.3. The van der Waals surface area contributed by atoms with E-state index in [0.717, 1.165) is 16.9 Å². The van der Waals surface area contributed by atoms with Crippen LogP contribution in [0.5, 0.6) is 17.2 Å². The largest absolute Gasteiger partial charge is 0.496 e. The molecule has 5 heteroatoms. The summed E-state index contributed by atoms with van der Waals surface area (Å²) in [6.45, 7) is 2.25. The molecule has 0 fully saturated rings. The number of carbonyl (C=O) groups excluding carboxylic acids is 1. The van der Waals surface area contributed by atoms with Crippen molar-refractivity contribution in [2.24, 2.45) is 0 Å². The Labute approximate surface area is 164 Å². The van der Waals surface area contributed by atoms with Crippen molar-refractivity contribution < 1.29 is 19.0 Å². The highest BCUT2D eigenvalue weighted by atomic mass is 16.5. The van der Waals surface area contributed by atoms with Gasteiger partial charge in [-0.3, -0.25) is 4.79 Å². The number of aryl methyl sites for hydroxylation is 1. The quantitative estimate of drug-likeness (QED) is 0.640. The number of ether oxygens (including phenoxy) is 3. The molecule has 0 aliphatic carbocycles. The Morgan fingerprint density at radius 2 is 1.61 bits per heavy atom. The van der Waals surface area contributed by atoms with E-state index in [4.69, 9.17) is 14.2 Å². The Kier molecular flexibility index (Phi) is 6.17. The minimum atomic E-state index is -0.229. The molecule has 0 aliphatic rings. The van der Waals surface area contributed by atoms with Crippen LogP contribution in [0.4, 0.5) is 5.69 Å². The average molecular weight is 377 g/mol. The molecule has 3 aromatic rings. The Hall–Kier alpha value is -3.47. The van der Waals surface area contributed by atoms with Gasteiger partial charge in [-0.1, -0.05) is 24.3 Å². The summed E-state index contributed by atoms with van der Waals surface area (Å²) >= 11 is 0. The maximum atomic E-state index is 12.8. The molecule has 0 saturated heterocycles. The molecule has 0 aliphatic heterocycles. The number of para-hydroxylation sites is 1. The number of nitrogens with one attached hydrogen (secondary N) is 1. The number of methoxy groups -OCH3 is 2. The normalized spacial score (nSPS) is 10.2. The van der Waals surface area contributed by atoms with Crippen LogP contribution < -0.4 is 19.5 Å². The number of amides is 1. The van der Waals surface area contributed by atoms with Gasteiger partial charge in [-0.25, -0.2) is 0 Å². The lowest BCUT2D eigenvalue weighted by molar-refractivity contribution is 0.102. The third-order valence-electron chi connectivity index (χ3n) is 4.28. The summed E-state index contributed by atoms with van der Waals surface area (Å²) in [5, 5.41) is 2.91. The monoisotopic (exact) mass is 377 g/mol. The van der Waals surface area contributed by atoms with Gasteiger partial charge >= 0.3 is 0 Å². The molecular formula is C23H23NO4. The highest BCUT2D eigenvalue weighted by molar-refractivity contribution is 6.05. The second kappa shape index (κ2) is 8.95. The molecule has 0 radical (unpaired) electrons. The molecule has 0 unspecified atom stereocenters. The van der Waals surface area contributed by atoms with Crippen molar-refractivity contribution in [1.29, 1.82) is 0 Å². The van der Waals surface area contributed by atoms with Crippen LogP contribution in [0.15, 0.2) is 66.7 Å². The van der Waals surface area contributed by atoms with E-state index in [0.29, 0.717) is 29.4 Å². The van der Waals surface area contributed by atoms with Crippen LogP contribution in [-0.4, -0.2) is 20.1 Å². The van der Waals surface area contributed by atoms with E-state index in [1.165, 1.54) is 0 Å². The molecule has 0 bridgehead atoms. The van der Waals surface area contributed by atoms with Gasteiger partial charge in [-0.05, 0) is 55.0 Å². The van der Waals surface area contributed by atoms with Crippen LogP contribution >= 0.6 is 0 Å². The molecule has 3 aromatic carbocycles. The van der Waals surface area contributed by atoms with Crippen LogP contribution in [0.1, 0.15) is 21.5 Å². The van der Waals surface area contributed by atoms with E-state index in [1.807, 2.05) is 55.5 Å². The van der Waals surface area contributed by atoms with Gasteiger partial charge < -0.3 is 19.5 Å². The zero-order valence-corrected chi connectivity index (χ0v) is 16.2. The number of carbonyl (C=O) groups is 1. The molecule has 3 rings (SSSR count). The van der Waals surface area contributed by atoms with Gasteiger partial charge in [-0.15, -0.1) is 0 Å². The minimum Gasteiger partial charge on any atom is -0.496 e. The first-order valence-electron chi connectivity index (χ1n) is 8.91. The summed E-state index contributed by atoms with van der Waals surface area (Å²) in [6.07, 6.45) is 0. The van der Waals surface area contributed by atoms with E-state index >= 15 is 0 Å². The lowest BCUT2D eigenvalue weighted by Gasteiger charge is -2.14. The number of rotatable bonds is 7. The number of benzene rings is 3. The number of hydrogen-bond acceptors (Lipinski definition) is 4. The topological polar surface area (TPSA) is 56.8 Å². The third kappa shape index (κ3) is 4.62. The van der Waals surface area contributed by atoms with Crippen LogP contribution in [0.25, 0.3) is 0 Å². The van der Waals surface area contributed by atoms with E-state index in [9.17, 15) is 4.79 Å². The smallest absolute Gasteiger partial charge is 0.255 e. The molecule has 144 valence electrons. The predicted octanol–water partition coefficient (Wildman–Crippen LogP) is 4.84. The lowest BCUT2D eigenvalue weighted by Crippen LogP contribution is -2.13. The first-order chi connectivity index (χ1) is 13.6. The van der Waals surface area contributed by atoms with E-state index in [2.05, 4.69) is 5.32 Å². The zero-order chi connectivity index (χ0) is 19.9. The van der Waals surface area contributed by atoms with Crippen molar-refractivity contribution in [1.82, 2.24) is 0 Å². The summed E-state index contributed by atoms with van der Waals surface area (Å²) in [7, 11) is 3.17. The average Bonchev–Trinajstić information content (AvgIpc) is 2.73. The second-order valence-corrected chi connectivity index (χ2v) is 6.29. The fourth-order valence-electron chi connectivity index (χ4n) is 2.82. The van der Waals surface area contributed by atoms with Gasteiger partial charge in [0.15, 0.2) is 0 Å². The molecule has 0 saturated carbocycles. The van der Waals surface area contributed by atoms with Gasteiger partial charge in [0, 0.05) is 11.1 Å². The fraction of sp³-hybridized carbons (Fsp3) is 0.174. The van der Waals surface area contributed by atoms with Crippen LogP contribution in [-0.2, 0) is 6.61 Å². The van der Waals surface area contributed by atoms with Gasteiger partial charge in [0.2, 0.25) is 0 Å². The highest BCUT2D eigenvalue weighted by Crippen LogP contribution is 2.27. The Bertz CT molecular complexity index is 954. The molecule has 0 aromatic heterocycles. The Morgan fingerprint density at radius 1 is 0.893 bits per heavy atom. The van der Waals surface area contributed by atoms with Gasteiger partial charge in [-0.2, -0.15) is 0 Å². The van der Waals surface area contributed by atoms with E-state index in [-0.39, 0.29) is 5.91 Å². The molecule has 0 spiro atoms. The molecule has 1 amide bonds. The molecule has 0 heterocycles. The molecule has 28 heavy (non-hydrogen) atoms. The van der Waals surface area contributed by atoms with Gasteiger partial charge in [0.1, 0.15) is 23.9 Å². The first-order valence-corrected chi connectivity index (χ1v) is 8.91. The van der Waals surface area contributed by atoms with Crippen molar-refractivity contribution >= 4 is 11.6 Å². The SMILES string of the molecule is COc1ccc(C(=O)Nc2cc(C)ccc2OC)cc1COc1ccccc1. The second-order valence-electron chi connectivity index (χ2n) is 6.29. The summed E-state index contributed by atoms with van der Waals surface area (Å²) in [4.78, 5) is 12.8. The lowest BCUT2D eigenvalue weighted by atomic mass is 10.1. The van der Waals surface area contributed by atoms with Gasteiger partial charge in [0.25, 0.3) is 5.91 Å². The Morgan fingerprint density at radius 3 is 2.32 bits per heavy atom. The van der Waals surface area contributed by atoms with Crippen molar-refractivity contribution in [2.45, 2.75) is 13.5 Å². The van der Waals surface area contributed by atoms with E-state index < -0.39 is 0 Å². The minimum absolute atomic E-state index is 0.229. The zero-order valence-electron chi connectivity index (χ0n) is 16.2. The molecule has 1 N–H and O–H groups in total. The predicted molar refractivity (Wildman–Crippen MR) is 109 cm³/mol. The van der Waals surface area contributed by atoms with E-state index in [1.54, 1.807) is 32.4 Å². The maximum Gasteiger partial charge on any atom is 0.255 e. The third-order valence-corrected chi connectivity index (χ3v) is 4.28. The summed E-state index contributed by atoms with van der Waals surface area (Å²) in [5.74, 6) is 1.80. The summed E-state index contributed by atoms with van der Waals surface area (Å²) in [6, 6.07) is 20.4. The summed E-state index contributed by atoms with van der Waals surface area (Å²) < 4.78 is 16.5. The van der Waals surface area contributed by atoms with Crippen LogP contribution in [0, 0.1) is 6.92 Å². The Balaban J connectivity index is 1.80. The molecule has 5 nitrogen and oxygen atoms in total. The fourth-order valence-corrected chi connectivity index (χ4v) is 2.82. The summed E-state index contributed by atoms with van der Waals surface area (Å²) in [5.41, 5.74) is 2.96. The van der Waals surface area contributed by atoms with Crippen molar-refractivity contribution in [3.63, 3.8) is 0 Å². The maximum absolute atomic E-state index is 12.8. The van der Waals surface area contributed by atoms with Crippen molar-refractivity contribution in [3.8, 4) is 17.2 Å². The van der Waals surface area contributed by atoms with Crippen LogP contribution in [0.3, 0.4) is 0 Å². The highest BCUT2D eigenvalue weighted by Gasteiger charge is 2.13. The van der Waals surface area contributed by atoms with Crippen molar-refractivity contribution in [2.75, 3.05) is 19.5 Å². The van der Waals surface area contributed by atoms with Crippen molar-refractivity contribution in [3.05, 3.63) is 83.4 Å². The number of hydrogen-bond donors (Lipinski definition) is 1. The molecular weight excluding hydrogens is 354 g/mol.